The first kappa shape index (κ1) is 18.8. The molecule has 0 bridgehead atoms. The molecule has 2 heterocycles. The van der Waals surface area contributed by atoms with Gasteiger partial charge in [0.1, 0.15) is 0 Å². The summed E-state index contributed by atoms with van der Waals surface area (Å²) in [6.07, 6.45) is 2.34. The third-order valence-electron chi connectivity index (χ3n) is 5.38. The highest BCUT2D eigenvalue weighted by Crippen LogP contribution is 2.32. The number of benzene rings is 2. The summed E-state index contributed by atoms with van der Waals surface area (Å²) in [6.45, 7) is 3.79. The van der Waals surface area contributed by atoms with Gasteiger partial charge in [-0.05, 0) is 43.2 Å². The Hall–Kier alpha value is -3.51. The minimum Gasteiger partial charge on any atom is -0.369 e. The van der Waals surface area contributed by atoms with E-state index in [0.29, 0.717) is 22.3 Å². The topological polar surface area (TPSA) is 77.9 Å². The number of allylic oxidation sites excluding steroid dienone is 2. The molecule has 0 radical (unpaired) electrons. The summed E-state index contributed by atoms with van der Waals surface area (Å²) in [7, 11) is 0. The number of hydrogen-bond acceptors (Lipinski definition) is 4. The average molecular weight is 388 g/mol. The number of nitrogens with zero attached hydrogens (tertiary/aromatic N) is 2. The van der Waals surface area contributed by atoms with E-state index < -0.39 is 6.23 Å². The van der Waals surface area contributed by atoms with Crippen LogP contribution in [0, 0.1) is 0 Å². The molecule has 29 heavy (non-hydrogen) atoms. The smallest absolute Gasteiger partial charge is 0.261 e. The van der Waals surface area contributed by atoms with Gasteiger partial charge >= 0.3 is 0 Å². The molecule has 0 spiro atoms. The van der Waals surface area contributed by atoms with Crippen molar-refractivity contribution in [3.63, 3.8) is 0 Å². The van der Waals surface area contributed by atoms with Crippen LogP contribution in [0.25, 0.3) is 0 Å². The Morgan fingerprint density at radius 2 is 1.41 bits per heavy atom. The lowest BCUT2D eigenvalue weighted by Crippen LogP contribution is -2.30. The van der Waals surface area contributed by atoms with Crippen molar-refractivity contribution >= 4 is 17.7 Å². The molecule has 0 fully saturated rings. The molecule has 2 aliphatic rings. The third-order valence-corrected chi connectivity index (χ3v) is 5.38. The summed E-state index contributed by atoms with van der Waals surface area (Å²) in [6, 6.07) is 13.7. The highest BCUT2D eigenvalue weighted by Gasteiger charge is 2.35. The molecule has 3 amide bonds. The zero-order chi connectivity index (χ0) is 20.7. The third kappa shape index (κ3) is 3.07. The van der Waals surface area contributed by atoms with Gasteiger partial charge in [-0.2, -0.15) is 0 Å². The maximum absolute atomic E-state index is 12.5. The Morgan fingerprint density at radius 1 is 0.862 bits per heavy atom. The van der Waals surface area contributed by atoms with E-state index in [-0.39, 0.29) is 24.3 Å². The zero-order valence-corrected chi connectivity index (χ0v) is 16.1. The van der Waals surface area contributed by atoms with Crippen molar-refractivity contribution in [2.75, 3.05) is 6.54 Å². The first-order valence-corrected chi connectivity index (χ1v) is 9.30. The fraction of sp³-hybridized carbons (Fsp3) is 0.174. The summed E-state index contributed by atoms with van der Waals surface area (Å²) in [5, 5.41) is 10.5. The van der Waals surface area contributed by atoms with E-state index in [4.69, 9.17) is 0 Å². The predicted molar refractivity (Wildman–Crippen MR) is 107 cm³/mol. The van der Waals surface area contributed by atoms with Crippen LogP contribution >= 0.6 is 0 Å². The monoisotopic (exact) mass is 388 g/mol. The fourth-order valence-electron chi connectivity index (χ4n) is 3.55. The van der Waals surface area contributed by atoms with Gasteiger partial charge < -0.3 is 5.11 Å². The molecule has 0 saturated carbocycles. The van der Waals surface area contributed by atoms with Gasteiger partial charge in [0.2, 0.25) is 0 Å². The van der Waals surface area contributed by atoms with Crippen LogP contribution in [-0.2, 0) is 0 Å². The van der Waals surface area contributed by atoms with Crippen LogP contribution in [0.3, 0.4) is 0 Å². The number of fused-ring (bicyclic) bond motifs is 2. The van der Waals surface area contributed by atoms with E-state index in [1.165, 1.54) is 9.80 Å². The van der Waals surface area contributed by atoms with E-state index in [0.717, 1.165) is 11.1 Å². The normalized spacial score (nSPS) is 19.1. The van der Waals surface area contributed by atoms with Crippen molar-refractivity contribution in [2.45, 2.75) is 20.1 Å². The van der Waals surface area contributed by atoms with E-state index in [2.05, 4.69) is 0 Å². The van der Waals surface area contributed by atoms with Crippen LogP contribution in [0.5, 0.6) is 0 Å². The SMILES string of the molecule is CC(=C\CN1C(=O)c2ccccc2C1=O)/C(C)=C/N1C(=O)c2ccccc2C1O. The van der Waals surface area contributed by atoms with E-state index in [1.807, 2.05) is 13.8 Å². The molecule has 2 aromatic carbocycles. The average Bonchev–Trinajstić information content (AvgIpc) is 3.12. The maximum atomic E-state index is 12.5. The predicted octanol–water partition coefficient (Wildman–Crippen LogP) is 3.28. The molecule has 0 aliphatic carbocycles. The molecular weight excluding hydrogens is 368 g/mol. The van der Waals surface area contributed by atoms with Crippen molar-refractivity contribution < 1.29 is 19.5 Å². The second kappa shape index (κ2) is 7.14. The molecule has 2 aliphatic heterocycles. The molecule has 0 aromatic heterocycles. The largest absolute Gasteiger partial charge is 0.369 e. The highest BCUT2D eigenvalue weighted by molar-refractivity contribution is 6.21. The van der Waals surface area contributed by atoms with Crippen molar-refractivity contribution in [1.29, 1.82) is 0 Å². The second-order valence-corrected chi connectivity index (χ2v) is 7.14. The molecule has 1 atom stereocenters. The Kier molecular flexibility index (Phi) is 4.64. The molecule has 1 N–H and O–H groups in total. The van der Waals surface area contributed by atoms with E-state index in [9.17, 15) is 19.5 Å². The standard InChI is InChI=1S/C23H20N2O4/c1-14(11-12-24-20(26)16-7-3-4-8-17(16)21(24)27)15(2)13-25-22(28)18-9-5-6-10-19(18)23(25)29/h3-11,13,22,28H,12H2,1-2H3/b14-11+,15-13+. The van der Waals surface area contributed by atoms with Crippen molar-refractivity contribution in [3.05, 3.63) is 94.2 Å². The van der Waals surface area contributed by atoms with Gasteiger partial charge in [-0.3, -0.25) is 24.2 Å². The molecule has 6 heteroatoms. The van der Waals surface area contributed by atoms with Crippen LogP contribution in [0.15, 0.2) is 72.0 Å². The van der Waals surface area contributed by atoms with Gasteiger partial charge in [0.05, 0.1) is 11.1 Å². The molecular formula is C23H20N2O4. The van der Waals surface area contributed by atoms with Gasteiger partial charge in [0.25, 0.3) is 17.7 Å². The van der Waals surface area contributed by atoms with Crippen molar-refractivity contribution in [1.82, 2.24) is 9.80 Å². The number of aliphatic hydroxyl groups excluding tert-OH is 1. The Balaban J connectivity index is 1.51. The first-order chi connectivity index (χ1) is 13.9. The molecule has 146 valence electrons. The molecule has 1 unspecified atom stereocenters. The summed E-state index contributed by atoms with van der Waals surface area (Å²) >= 11 is 0. The lowest BCUT2D eigenvalue weighted by molar-refractivity contribution is 0.0392. The number of amides is 3. The van der Waals surface area contributed by atoms with Gasteiger partial charge in [-0.25, -0.2) is 0 Å². The minimum atomic E-state index is -1.03. The Bertz CT molecular complexity index is 1060. The van der Waals surface area contributed by atoms with Crippen LogP contribution in [0.2, 0.25) is 0 Å². The summed E-state index contributed by atoms with van der Waals surface area (Å²) < 4.78 is 0. The van der Waals surface area contributed by atoms with E-state index in [1.54, 1.807) is 60.8 Å². The van der Waals surface area contributed by atoms with Crippen molar-refractivity contribution in [3.8, 4) is 0 Å². The quantitative estimate of drug-likeness (QED) is 0.644. The molecule has 4 rings (SSSR count). The van der Waals surface area contributed by atoms with Gasteiger partial charge in [-0.15, -0.1) is 0 Å². The number of carbonyl (C=O) groups excluding carboxylic acids is 3. The number of rotatable bonds is 4. The van der Waals surface area contributed by atoms with Gasteiger partial charge in [-0.1, -0.05) is 36.4 Å². The van der Waals surface area contributed by atoms with Crippen LogP contribution in [0.1, 0.15) is 56.7 Å². The number of carbonyl (C=O) groups is 3. The van der Waals surface area contributed by atoms with Crippen LogP contribution in [0.4, 0.5) is 0 Å². The summed E-state index contributed by atoms with van der Waals surface area (Å²) in [5.41, 5.74) is 3.45. The minimum absolute atomic E-state index is 0.139. The van der Waals surface area contributed by atoms with Gasteiger partial charge in [0.15, 0.2) is 6.23 Å². The maximum Gasteiger partial charge on any atom is 0.261 e. The molecule has 2 aromatic rings. The zero-order valence-electron chi connectivity index (χ0n) is 16.1. The summed E-state index contributed by atoms with van der Waals surface area (Å²) in [5.74, 6) is -0.880. The number of hydrogen-bond donors (Lipinski definition) is 1. The summed E-state index contributed by atoms with van der Waals surface area (Å²) in [4.78, 5) is 40.0. The van der Waals surface area contributed by atoms with Crippen LogP contribution in [-0.4, -0.2) is 39.2 Å². The second-order valence-electron chi connectivity index (χ2n) is 7.14. The lowest BCUT2D eigenvalue weighted by atomic mass is 10.1. The van der Waals surface area contributed by atoms with E-state index >= 15 is 0 Å². The van der Waals surface area contributed by atoms with Gasteiger partial charge in [0, 0.05) is 23.9 Å². The number of imide groups is 1. The highest BCUT2D eigenvalue weighted by atomic mass is 16.3. The first-order valence-electron chi connectivity index (χ1n) is 9.30. The molecule has 6 nitrogen and oxygen atoms in total. The number of aliphatic hydroxyl groups is 1. The van der Waals surface area contributed by atoms with Crippen molar-refractivity contribution in [2.24, 2.45) is 0 Å². The Morgan fingerprint density at radius 3 is 2.00 bits per heavy atom. The molecule has 0 saturated heterocycles. The fourth-order valence-corrected chi connectivity index (χ4v) is 3.55. The Labute approximate surface area is 168 Å². The lowest BCUT2D eigenvalue weighted by Gasteiger charge is -2.18. The van der Waals surface area contributed by atoms with Crippen LogP contribution < -0.4 is 0 Å².